The number of rotatable bonds is 5. The van der Waals surface area contributed by atoms with Gasteiger partial charge in [0.1, 0.15) is 11.6 Å². The Labute approximate surface area is 168 Å². The van der Waals surface area contributed by atoms with Gasteiger partial charge in [0, 0.05) is 38.3 Å². The molecule has 6 heteroatoms. The van der Waals surface area contributed by atoms with Gasteiger partial charge in [0.2, 0.25) is 5.91 Å². The first-order chi connectivity index (χ1) is 13.1. The molecule has 1 fully saturated rings. The van der Waals surface area contributed by atoms with E-state index in [1.807, 2.05) is 23.1 Å². The number of ether oxygens (including phenoxy) is 1. The molecule has 4 nitrogen and oxygen atoms in total. The molecule has 144 valence electrons. The van der Waals surface area contributed by atoms with Gasteiger partial charge in [0.05, 0.1) is 11.6 Å². The molecular weight excluding hydrogens is 411 g/mol. The van der Waals surface area contributed by atoms with Crippen LogP contribution in [-0.4, -0.2) is 44.1 Å². The SMILES string of the molecule is COc1ccc(CCC(=O)N2CCCN(c3ccc(F)cc3)CC2)cc1Br. The first-order valence-electron chi connectivity index (χ1n) is 9.17. The summed E-state index contributed by atoms with van der Waals surface area (Å²) in [5, 5.41) is 0. The smallest absolute Gasteiger partial charge is 0.222 e. The quantitative estimate of drug-likeness (QED) is 0.704. The van der Waals surface area contributed by atoms with E-state index in [0.717, 1.165) is 47.5 Å². The van der Waals surface area contributed by atoms with E-state index >= 15 is 0 Å². The van der Waals surface area contributed by atoms with Crippen molar-refractivity contribution in [3.05, 3.63) is 58.3 Å². The van der Waals surface area contributed by atoms with E-state index < -0.39 is 0 Å². The van der Waals surface area contributed by atoms with Crippen molar-refractivity contribution in [3.63, 3.8) is 0 Å². The first-order valence-corrected chi connectivity index (χ1v) is 9.97. The molecular formula is C21H24BrFN2O2. The van der Waals surface area contributed by atoms with Crippen molar-refractivity contribution in [2.45, 2.75) is 19.3 Å². The average molecular weight is 435 g/mol. The van der Waals surface area contributed by atoms with Crippen molar-refractivity contribution in [1.29, 1.82) is 0 Å². The third-order valence-corrected chi connectivity index (χ3v) is 5.50. The second-order valence-corrected chi connectivity index (χ2v) is 7.52. The van der Waals surface area contributed by atoms with Crippen molar-refractivity contribution in [1.82, 2.24) is 4.90 Å². The van der Waals surface area contributed by atoms with Crippen LogP contribution in [0.1, 0.15) is 18.4 Å². The van der Waals surface area contributed by atoms with Gasteiger partial charge in [-0.15, -0.1) is 0 Å². The molecule has 0 atom stereocenters. The van der Waals surface area contributed by atoms with E-state index in [1.165, 1.54) is 12.1 Å². The second kappa shape index (κ2) is 9.22. The molecule has 0 spiro atoms. The Morgan fingerprint density at radius 2 is 1.89 bits per heavy atom. The lowest BCUT2D eigenvalue weighted by atomic mass is 10.1. The summed E-state index contributed by atoms with van der Waals surface area (Å²) >= 11 is 3.49. The molecule has 27 heavy (non-hydrogen) atoms. The van der Waals surface area contributed by atoms with Crippen LogP contribution in [0.3, 0.4) is 0 Å². The van der Waals surface area contributed by atoms with E-state index in [2.05, 4.69) is 20.8 Å². The summed E-state index contributed by atoms with van der Waals surface area (Å²) in [6.07, 6.45) is 2.12. The predicted octanol–water partition coefficient (Wildman–Crippen LogP) is 4.27. The molecule has 2 aromatic carbocycles. The number of methoxy groups -OCH3 is 1. The Morgan fingerprint density at radius 3 is 2.59 bits per heavy atom. The summed E-state index contributed by atoms with van der Waals surface area (Å²) in [4.78, 5) is 16.8. The highest BCUT2D eigenvalue weighted by Crippen LogP contribution is 2.26. The highest BCUT2D eigenvalue weighted by atomic mass is 79.9. The highest BCUT2D eigenvalue weighted by Gasteiger charge is 2.19. The van der Waals surface area contributed by atoms with E-state index in [1.54, 1.807) is 19.2 Å². The van der Waals surface area contributed by atoms with Crippen LogP contribution in [-0.2, 0) is 11.2 Å². The number of anilines is 1. The largest absolute Gasteiger partial charge is 0.496 e. The fourth-order valence-electron chi connectivity index (χ4n) is 3.35. The topological polar surface area (TPSA) is 32.8 Å². The lowest BCUT2D eigenvalue weighted by Crippen LogP contribution is -2.35. The third kappa shape index (κ3) is 5.22. The van der Waals surface area contributed by atoms with Gasteiger partial charge in [-0.2, -0.15) is 0 Å². The molecule has 1 amide bonds. The molecule has 1 saturated heterocycles. The minimum absolute atomic E-state index is 0.183. The molecule has 1 heterocycles. The zero-order chi connectivity index (χ0) is 19.2. The summed E-state index contributed by atoms with van der Waals surface area (Å²) in [6.45, 7) is 3.11. The van der Waals surface area contributed by atoms with Gasteiger partial charge in [-0.05, 0) is 70.7 Å². The zero-order valence-electron chi connectivity index (χ0n) is 15.5. The summed E-state index contributed by atoms with van der Waals surface area (Å²) in [5.74, 6) is 0.747. The number of halogens is 2. The normalized spacial score (nSPS) is 14.8. The Morgan fingerprint density at radius 1 is 1.11 bits per heavy atom. The van der Waals surface area contributed by atoms with Gasteiger partial charge >= 0.3 is 0 Å². The summed E-state index contributed by atoms with van der Waals surface area (Å²) < 4.78 is 19.3. The highest BCUT2D eigenvalue weighted by molar-refractivity contribution is 9.10. The van der Waals surface area contributed by atoms with Gasteiger partial charge in [0.15, 0.2) is 0 Å². The lowest BCUT2D eigenvalue weighted by Gasteiger charge is -2.23. The molecule has 0 saturated carbocycles. The average Bonchev–Trinajstić information content (AvgIpc) is 2.93. The second-order valence-electron chi connectivity index (χ2n) is 6.67. The fourth-order valence-corrected chi connectivity index (χ4v) is 3.94. The van der Waals surface area contributed by atoms with Crippen LogP contribution < -0.4 is 9.64 Å². The van der Waals surface area contributed by atoms with Crippen molar-refractivity contribution in [3.8, 4) is 5.75 Å². The number of amides is 1. The van der Waals surface area contributed by atoms with Crippen molar-refractivity contribution < 1.29 is 13.9 Å². The van der Waals surface area contributed by atoms with Crippen LogP contribution in [0.2, 0.25) is 0 Å². The van der Waals surface area contributed by atoms with Crippen LogP contribution in [0.4, 0.5) is 10.1 Å². The number of hydrogen-bond donors (Lipinski definition) is 0. The minimum atomic E-state index is -0.226. The molecule has 2 aromatic rings. The maximum Gasteiger partial charge on any atom is 0.222 e. The number of nitrogens with zero attached hydrogens (tertiary/aromatic N) is 2. The summed E-state index contributed by atoms with van der Waals surface area (Å²) in [7, 11) is 1.64. The van der Waals surface area contributed by atoms with E-state index in [4.69, 9.17) is 4.74 Å². The van der Waals surface area contributed by atoms with Crippen molar-refractivity contribution in [2.24, 2.45) is 0 Å². The third-order valence-electron chi connectivity index (χ3n) is 4.88. The Bertz CT molecular complexity index is 782. The molecule has 3 rings (SSSR count). The number of hydrogen-bond acceptors (Lipinski definition) is 3. The van der Waals surface area contributed by atoms with Crippen LogP contribution in [0.15, 0.2) is 46.9 Å². The van der Waals surface area contributed by atoms with E-state index in [-0.39, 0.29) is 11.7 Å². The zero-order valence-corrected chi connectivity index (χ0v) is 17.0. The molecule has 1 aliphatic heterocycles. The Hall–Kier alpha value is -2.08. The molecule has 0 N–H and O–H groups in total. The fraction of sp³-hybridized carbons (Fsp3) is 0.381. The molecule has 0 aromatic heterocycles. The number of carbonyl (C=O) groups excluding carboxylic acids is 1. The van der Waals surface area contributed by atoms with Gasteiger partial charge in [0.25, 0.3) is 0 Å². The van der Waals surface area contributed by atoms with Crippen LogP contribution in [0.5, 0.6) is 5.75 Å². The maximum absolute atomic E-state index is 13.1. The maximum atomic E-state index is 13.1. The van der Waals surface area contributed by atoms with Gasteiger partial charge in [-0.25, -0.2) is 4.39 Å². The number of aryl methyl sites for hydroxylation is 1. The van der Waals surface area contributed by atoms with Gasteiger partial charge in [-0.3, -0.25) is 4.79 Å². The Kier molecular flexibility index (Phi) is 6.72. The summed E-state index contributed by atoms with van der Waals surface area (Å²) in [5.41, 5.74) is 2.12. The first kappa shape index (κ1) is 19.7. The summed E-state index contributed by atoms with van der Waals surface area (Å²) in [6, 6.07) is 12.5. The molecule has 0 radical (unpaired) electrons. The van der Waals surface area contributed by atoms with Crippen molar-refractivity contribution in [2.75, 3.05) is 38.2 Å². The minimum Gasteiger partial charge on any atom is -0.496 e. The van der Waals surface area contributed by atoms with Gasteiger partial charge < -0.3 is 14.5 Å². The number of carbonyl (C=O) groups is 1. The van der Waals surface area contributed by atoms with Crippen molar-refractivity contribution >= 4 is 27.5 Å². The molecule has 0 aliphatic carbocycles. The lowest BCUT2D eigenvalue weighted by molar-refractivity contribution is -0.130. The van der Waals surface area contributed by atoms with Crippen LogP contribution >= 0.6 is 15.9 Å². The molecule has 0 unspecified atom stereocenters. The van der Waals surface area contributed by atoms with E-state index in [9.17, 15) is 9.18 Å². The van der Waals surface area contributed by atoms with Crippen LogP contribution in [0.25, 0.3) is 0 Å². The molecule has 0 bridgehead atoms. The van der Waals surface area contributed by atoms with Gasteiger partial charge in [-0.1, -0.05) is 6.07 Å². The Balaban J connectivity index is 1.53. The predicted molar refractivity (Wildman–Crippen MR) is 109 cm³/mol. The monoisotopic (exact) mass is 434 g/mol. The molecule has 1 aliphatic rings. The number of benzene rings is 2. The van der Waals surface area contributed by atoms with Crippen LogP contribution in [0, 0.1) is 5.82 Å². The van der Waals surface area contributed by atoms with E-state index in [0.29, 0.717) is 19.4 Å². The standard InChI is InChI=1S/C21H24BrFN2O2/c1-27-20-9-3-16(15-19(20)22)4-10-21(26)25-12-2-11-24(13-14-25)18-7-5-17(23)6-8-18/h3,5-9,15H,2,4,10-14H2,1H3.